The molecule has 0 aromatic heterocycles. The number of carbonyl (C=O) groups excluding carboxylic acids is 6. The first-order valence-electron chi connectivity index (χ1n) is 20.8. The fraction of sp³-hybridized carbons (Fsp3) is 0.455. The molecule has 0 spiro atoms. The number of nitrogens with two attached hydrogens (primary N) is 1. The molecule has 1 heterocycles. The van der Waals surface area contributed by atoms with Crippen LogP contribution < -0.4 is 37.7 Å². The van der Waals surface area contributed by atoms with Crippen molar-refractivity contribution in [3.8, 4) is 11.1 Å². The van der Waals surface area contributed by atoms with E-state index in [1.165, 1.54) is 5.01 Å². The maximum atomic E-state index is 13.6. The van der Waals surface area contributed by atoms with E-state index in [0.29, 0.717) is 44.5 Å². The number of alkyl carbamates (subject to hydrolysis) is 1. The number of hydrogen-bond donors (Lipinski definition) is 7. The molecule has 2 aliphatic rings. The van der Waals surface area contributed by atoms with Gasteiger partial charge in [0.1, 0.15) is 25.3 Å². The highest BCUT2D eigenvalue weighted by atomic mass is 16.6. The third-order valence-electron chi connectivity index (χ3n) is 10.5. The highest BCUT2D eigenvalue weighted by Gasteiger charge is 2.30. The van der Waals surface area contributed by atoms with Gasteiger partial charge in [-0.1, -0.05) is 80.9 Å². The number of fused-ring (bicyclic) bond motifs is 3. The Morgan fingerprint density at radius 3 is 2.12 bits per heavy atom. The molecule has 3 aromatic carbocycles. The maximum Gasteiger partial charge on any atom is 0.424 e. The number of nitrogens with one attached hydrogen (secondary N) is 6. The van der Waals surface area contributed by atoms with Gasteiger partial charge in [-0.05, 0) is 84.4 Å². The number of unbranched alkanes of at least 4 members (excludes halogenated alkanes) is 2. The van der Waals surface area contributed by atoms with E-state index in [2.05, 4.69) is 56.3 Å². The van der Waals surface area contributed by atoms with Crippen molar-refractivity contribution < 1.29 is 38.2 Å². The van der Waals surface area contributed by atoms with Crippen LogP contribution in [0.25, 0.3) is 11.1 Å². The van der Waals surface area contributed by atoms with Crippen LogP contribution in [0, 0.1) is 5.92 Å². The molecule has 1 aliphatic carbocycles. The van der Waals surface area contributed by atoms with Crippen molar-refractivity contribution in [1.82, 2.24) is 31.7 Å². The Balaban J connectivity index is 1.03. The average Bonchev–Trinajstić information content (AvgIpc) is 3.57. The summed E-state index contributed by atoms with van der Waals surface area (Å²) in [6.45, 7) is 5.77. The number of benzene rings is 3. The molecule has 5 rings (SSSR count). The highest BCUT2D eigenvalue weighted by Crippen LogP contribution is 2.44. The van der Waals surface area contributed by atoms with Gasteiger partial charge in [-0.3, -0.25) is 14.4 Å². The Morgan fingerprint density at radius 1 is 0.783 bits per heavy atom. The second kappa shape index (κ2) is 22.8. The number of anilines is 1. The SMILES string of the molecule is CC(C)[C@H](NC(=O)CCCCCNC(=O)OCC1c2ccccc2-c2ccccc21)C(=O)N[C@@H](CCCNC(N)=O)C(=O)Nc1ccc(COC(=O)N2CCCCN2)cc1. The number of primary amides is 1. The first-order chi connectivity index (χ1) is 29.0. The summed E-state index contributed by atoms with van der Waals surface area (Å²) in [6.07, 6.45) is 3.50. The quantitative estimate of drug-likeness (QED) is 0.0758. The minimum atomic E-state index is -0.994. The molecule has 0 bridgehead atoms. The lowest BCUT2D eigenvalue weighted by molar-refractivity contribution is -0.132. The number of hydrogen-bond acceptors (Lipinski definition) is 9. The third kappa shape index (κ3) is 13.4. The van der Waals surface area contributed by atoms with Crippen molar-refractivity contribution >= 4 is 41.6 Å². The minimum Gasteiger partial charge on any atom is -0.449 e. The molecule has 0 saturated carbocycles. The van der Waals surface area contributed by atoms with E-state index in [4.69, 9.17) is 15.2 Å². The first-order valence-corrected chi connectivity index (χ1v) is 20.8. The fourth-order valence-electron chi connectivity index (χ4n) is 7.24. The second-order valence-electron chi connectivity index (χ2n) is 15.4. The molecule has 8 N–H and O–H groups in total. The van der Waals surface area contributed by atoms with Crippen molar-refractivity contribution in [2.24, 2.45) is 11.7 Å². The smallest absolute Gasteiger partial charge is 0.424 e. The van der Waals surface area contributed by atoms with Gasteiger partial charge in [-0.15, -0.1) is 0 Å². The number of carbonyl (C=O) groups is 6. The molecule has 16 nitrogen and oxygen atoms in total. The van der Waals surface area contributed by atoms with E-state index < -0.39 is 42.1 Å². The summed E-state index contributed by atoms with van der Waals surface area (Å²) in [7, 11) is 0. The number of nitrogens with zero attached hydrogens (tertiary/aromatic N) is 1. The fourth-order valence-corrected chi connectivity index (χ4v) is 7.24. The minimum absolute atomic E-state index is 0.0238. The van der Waals surface area contributed by atoms with Crippen LogP contribution in [0.3, 0.4) is 0 Å². The Morgan fingerprint density at radius 2 is 1.47 bits per heavy atom. The molecule has 1 saturated heterocycles. The largest absolute Gasteiger partial charge is 0.449 e. The number of ether oxygens (including phenoxy) is 2. The molecule has 3 aromatic rings. The number of rotatable bonds is 20. The molecule has 322 valence electrons. The van der Waals surface area contributed by atoms with Gasteiger partial charge >= 0.3 is 18.2 Å². The average molecular weight is 827 g/mol. The van der Waals surface area contributed by atoms with E-state index in [-0.39, 0.29) is 50.3 Å². The van der Waals surface area contributed by atoms with Crippen molar-refractivity contribution in [1.29, 1.82) is 0 Å². The van der Waals surface area contributed by atoms with Crippen LogP contribution in [0.15, 0.2) is 72.8 Å². The van der Waals surface area contributed by atoms with Crippen LogP contribution in [0.2, 0.25) is 0 Å². The Labute approximate surface area is 351 Å². The lowest BCUT2D eigenvalue weighted by atomic mass is 9.98. The van der Waals surface area contributed by atoms with Gasteiger partial charge < -0.3 is 41.8 Å². The maximum absolute atomic E-state index is 13.6. The van der Waals surface area contributed by atoms with Gasteiger partial charge in [0, 0.05) is 44.2 Å². The van der Waals surface area contributed by atoms with Crippen LogP contribution >= 0.6 is 0 Å². The van der Waals surface area contributed by atoms with Crippen LogP contribution in [-0.2, 0) is 30.5 Å². The van der Waals surface area contributed by atoms with Crippen molar-refractivity contribution in [3.63, 3.8) is 0 Å². The predicted octanol–water partition coefficient (Wildman–Crippen LogP) is 5.04. The Bertz CT molecular complexity index is 1890. The van der Waals surface area contributed by atoms with Crippen molar-refractivity contribution in [2.75, 3.05) is 38.1 Å². The number of urea groups is 1. The zero-order chi connectivity index (χ0) is 42.9. The summed E-state index contributed by atoms with van der Waals surface area (Å²) in [6, 6.07) is 20.5. The van der Waals surface area contributed by atoms with Crippen molar-refractivity contribution in [3.05, 3.63) is 89.5 Å². The topological polar surface area (TPSA) is 222 Å². The molecular formula is C44H58N8O8. The van der Waals surface area contributed by atoms with Gasteiger partial charge in [-0.2, -0.15) is 0 Å². The monoisotopic (exact) mass is 826 g/mol. The summed E-state index contributed by atoms with van der Waals surface area (Å²) in [4.78, 5) is 76.0. The zero-order valence-electron chi connectivity index (χ0n) is 34.4. The molecule has 0 radical (unpaired) electrons. The van der Waals surface area contributed by atoms with E-state index in [9.17, 15) is 28.8 Å². The molecule has 16 heteroatoms. The summed E-state index contributed by atoms with van der Waals surface area (Å²) >= 11 is 0. The van der Waals surface area contributed by atoms with E-state index in [0.717, 1.165) is 47.2 Å². The van der Waals surface area contributed by atoms with E-state index >= 15 is 0 Å². The molecular weight excluding hydrogens is 769 g/mol. The summed E-state index contributed by atoms with van der Waals surface area (Å²) in [5, 5.41) is 15.2. The Kier molecular flexibility index (Phi) is 17.1. The molecule has 2 atom stereocenters. The molecule has 1 aliphatic heterocycles. The summed E-state index contributed by atoms with van der Waals surface area (Å²) < 4.78 is 11.0. The lowest BCUT2D eigenvalue weighted by Gasteiger charge is -2.26. The van der Waals surface area contributed by atoms with Crippen LogP contribution in [0.4, 0.5) is 20.1 Å². The predicted molar refractivity (Wildman–Crippen MR) is 226 cm³/mol. The van der Waals surface area contributed by atoms with Gasteiger partial charge in [0.15, 0.2) is 0 Å². The van der Waals surface area contributed by atoms with Gasteiger partial charge in [0.2, 0.25) is 17.7 Å². The molecule has 0 unspecified atom stereocenters. The normalized spacial score (nSPS) is 14.2. The highest BCUT2D eigenvalue weighted by molar-refractivity contribution is 5.98. The van der Waals surface area contributed by atoms with Gasteiger partial charge in [-0.25, -0.2) is 24.8 Å². The standard InChI is InChI=1S/C44H58N8O8/c1-29(2)39(51-38(53)18-4-3-9-23-47-43(57)59-28-36-34-15-7-5-13-32(34)33-14-6-8-16-35(33)36)41(55)50-37(17-12-24-46-42(45)56)40(54)49-31-21-19-30(20-22-31)27-60-44(58)52-26-11-10-25-48-52/h5-8,13-16,19-22,29,36-37,39,48H,3-4,9-12,17-18,23-28H2,1-2H3,(H,47,57)(H,49,54)(H,50,55)(H,51,53)(H3,45,46,56)/t37-,39-/m0/s1. The van der Waals surface area contributed by atoms with E-state index in [1.54, 1.807) is 38.1 Å². The second-order valence-corrected chi connectivity index (χ2v) is 15.4. The van der Waals surface area contributed by atoms with Gasteiger partial charge in [0.25, 0.3) is 0 Å². The van der Waals surface area contributed by atoms with E-state index in [1.807, 2.05) is 24.3 Å². The van der Waals surface area contributed by atoms with Crippen LogP contribution in [-0.4, -0.2) is 85.8 Å². The van der Waals surface area contributed by atoms with Crippen LogP contribution in [0.5, 0.6) is 0 Å². The first kappa shape index (κ1) is 44.9. The van der Waals surface area contributed by atoms with Crippen molar-refractivity contribution in [2.45, 2.75) is 89.8 Å². The third-order valence-corrected chi connectivity index (χ3v) is 10.5. The van der Waals surface area contributed by atoms with Gasteiger partial charge in [0.05, 0.1) is 0 Å². The molecule has 1 fully saturated rings. The summed E-state index contributed by atoms with van der Waals surface area (Å²) in [5.74, 6) is -1.63. The zero-order valence-corrected chi connectivity index (χ0v) is 34.4. The Hall–Kier alpha value is -6.16. The number of hydrazine groups is 1. The number of amides is 7. The lowest BCUT2D eigenvalue weighted by Crippen LogP contribution is -2.54. The van der Waals surface area contributed by atoms with Crippen LogP contribution in [0.1, 0.15) is 87.8 Å². The summed E-state index contributed by atoms with van der Waals surface area (Å²) in [5.41, 5.74) is 14.0. The molecule has 60 heavy (non-hydrogen) atoms. The molecule has 7 amide bonds.